The van der Waals surface area contributed by atoms with E-state index in [0.717, 1.165) is 73.4 Å². The standard InChI is InChI=1S/C37H39N4O5.Mg.2H2O/c1-9-21-17(4)24-14-26-19(6)23(12-13-30(42)46-11-3)34(40-26)32-33(37(44)45-8)36(43)31-20(7)27(41-35(31)32)16-29-22(10-2)18(5)25(39-29)15-28(21)38-24;;;/h9,14-16,19,23,33H,1,10-13H2,2-8H3,(H-,38,39,40,41,43);;2*1H2/q-1;+2;;. The molecule has 12 heteroatoms. The number of aromatic nitrogens is 4. The van der Waals surface area contributed by atoms with Crippen molar-refractivity contribution in [2.75, 3.05) is 13.7 Å². The largest absolute Gasteiger partial charge is 2.00 e. The van der Waals surface area contributed by atoms with Crippen molar-refractivity contribution in [3.63, 3.8) is 0 Å². The molecule has 3 atom stereocenters. The van der Waals surface area contributed by atoms with Crippen LogP contribution in [0.15, 0.2) is 24.8 Å². The average molecular weight is 680 g/mol. The van der Waals surface area contributed by atoms with Crippen LogP contribution in [-0.4, -0.2) is 65.4 Å². The van der Waals surface area contributed by atoms with Gasteiger partial charge in [0.2, 0.25) is 11.4 Å². The number of carbonyl (C=O) groups is 3. The number of aryl methyl sites for hydroxylation is 3. The van der Waals surface area contributed by atoms with Gasteiger partial charge in [-0.2, -0.15) is 0 Å². The van der Waals surface area contributed by atoms with Crippen molar-refractivity contribution in [2.45, 2.75) is 78.6 Å². The molecule has 0 radical (unpaired) electrons. The number of H-pyrrole nitrogens is 2. The maximum atomic E-state index is 14.1. The summed E-state index contributed by atoms with van der Waals surface area (Å²) < 4.78 is 10.5. The number of carbonyl (C=O) groups excluding carboxylic acids is 3. The van der Waals surface area contributed by atoms with E-state index in [2.05, 4.69) is 37.3 Å². The molecule has 254 valence electrons. The second-order valence-electron chi connectivity index (χ2n) is 12.3. The first-order valence-electron chi connectivity index (χ1n) is 15.9. The molecular formula is C37H43MgN4O7+. The number of methoxy groups -OCH3 is 1. The summed E-state index contributed by atoms with van der Waals surface area (Å²) in [6, 6.07) is 6.04. The molecule has 8 bridgehead atoms. The van der Waals surface area contributed by atoms with E-state index in [1.165, 1.54) is 7.11 Å². The zero-order valence-corrected chi connectivity index (χ0v) is 30.6. The Labute approximate surface area is 301 Å². The Morgan fingerprint density at radius 1 is 1.00 bits per heavy atom. The van der Waals surface area contributed by atoms with Crippen molar-refractivity contribution in [1.29, 1.82) is 0 Å². The molecule has 3 aromatic rings. The number of nitrogens with zero attached hydrogens (tertiary/aromatic N) is 2. The van der Waals surface area contributed by atoms with Crippen molar-refractivity contribution >= 4 is 80.1 Å². The Morgan fingerprint density at radius 3 is 2.31 bits per heavy atom. The SMILES string of the molecule is C=Cc1c(C)c2cc3[nH+]c(c4c5[nH+]c(cc6[n-]c(cc1[n-]2)c(C)c6CC)C(C)=C5C(=O)C4C(=O)OC)C(CCC(=O)OCC)C3C.O.[Mg+2].[OH-]. The third-order valence-electron chi connectivity index (χ3n) is 9.89. The first-order chi connectivity index (χ1) is 22.0. The maximum absolute atomic E-state index is 14.1. The van der Waals surface area contributed by atoms with Gasteiger partial charge in [-0.05, 0) is 58.2 Å². The molecule has 3 aliphatic rings. The number of fused-ring (bicyclic) bond motifs is 8. The molecule has 0 saturated carbocycles. The average Bonchev–Trinajstić information content (AvgIpc) is 3.77. The summed E-state index contributed by atoms with van der Waals surface area (Å²) in [6.45, 7) is 16.3. The van der Waals surface area contributed by atoms with Gasteiger partial charge in [-0.15, -0.1) is 22.1 Å². The Bertz CT molecular complexity index is 2040. The van der Waals surface area contributed by atoms with Crippen LogP contribution < -0.4 is 19.9 Å². The number of hydrogen-bond donors (Lipinski definition) is 0. The predicted octanol–water partition coefficient (Wildman–Crippen LogP) is 3.85. The third kappa shape index (κ3) is 6.38. The zero-order chi connectivity index (χ0) is 33.0. The van der Waals surface area contributed by atoms with E-state index in [1.807, 2.05) is 38.1 Å². The van der Waals surface area contributed by atoms with Crippen molar-refractivity contribution in [1.82, 2.24) is 9.97 Å². The van der Waals surface area contributed by atoms with Gasteiger partial charge in [-0.25, -0.2) is 9.97 Å². The molecule has 49 heavy (non-hydrogen) atoms. The molecular weight excluding hydrogens is 637 g/mol. The summed E-state index contributed by atoms with van der Waals surface area (Å²) in [4.78, 5) is 57.2. The Balaban J connectivity index is 0.00000217. The normalized spacial score (nSPS) is 17.5. The predicted molar refractivity (Wildman–Crippen MR) is 186 cm³/mol. The topological polar surface area (TPSA) is 188 Å². The van der Waals surface area contributed by atoms with Gasteiger partial charge < -0.3 is 30.4 Å². The molecule has 11 nitrogen and oxygen atoms in total. The number of hydrogen-bond acceptors (Lipinski definition) is 6. The van der Waals surface area contributed by atoms with E-state index in [9.17, 15) is 14.4 Å². The van der Waals surface area contributed by atoms with Gasteiger partial charge in [-0.3, -0.25) is 14.4 Å². The summed E-state index contributed by atoms with van der Waals surface area (Å²) in [5.74, 6) is -2.65. The van der Waals surface area contributed by atoms with E-state index >= 15 is 0 Å². The fourth-order valence-corrected chi connectivity index (χ4v) is 7.34. The molecule has 2 aliphatic heterocycles. The van der Waals surface area contributed by atoms with Crippen LogP contribution in [0.3, 0.4) is 0 Å². The van der Waals surface area contributed by atoms with Gasteiger partial charge in [0.1, 0.15) is 11.1 Å². The molecule has 0 amide bonds. The summed E-state index contributed by atoms with van der Waals surface area (Å²) in [6.07, 6.45) is 3.26. The molecule has 6 rings (SSSR count). The quantitative estimate of drug-likeness (QED) is 0.204. The Morgan fingerprint density at radius 2 is 1.67 bits per heavy atom. The molecule has 5 N–H and O–H groups in total. The van der Waals surface area contributed by atoms with Gasteiger partial charge in [-0.1, -0.05) is 49.3 Å². The van der Waals surface area contributed by atoms with Gasteiger partial charge in [0.05, 0.1) is 25.6 Å². The monoisotopic (exact) mass is 679 g/mol. The minimum atomic E-state index is -1.14. The van der Waals surface area contributed by atoms with Crippen LogP contribution in [0.2, 0.25) is 0 Å². The zero-order valence-electron chi connectivity index (χ0n) is 29.2. The van der Waals surface area contributed by atoms with Gasteiger partial charge in [0, 0.05) is 12.0 Å². The van der Waals surface area contributed by atoms with E-state index in [0.29, 0.717) is 29.9 Å². The number of rotatable bonds is 7. The number of ketones is 1. The van der Waals surface area contributed by atoms with Crippen LogP contribution in [0, 0.1) is 13.8 Å². The molecule has 1 aliphatic carbocycles. The third-order valence-corrected chi connectivity index (χ3v) is 9.89. The second kappa shape index (κ2) is 15.2. The van der Waals surface area contributed by atoms with Crippen molar-refractivity contribution < 1.29 is 44.8 Å². The minimum Gasteiger partial charge on any atom is -0.870 e. The van der Waals surface area contributed by atoms with Gasteiger partial charge >= 0.3 is 35.0 Å². The van der Waals surface area contributed by atoms with Crippen LogP contribution in [-0.2, 0) is 30.3 Å². The van der Waals surface area contributed by atoms with Gasteiger partial charge in [0.25, 0.3) is 0 Å². The van der Waals surface area contributed by atoms with Crippen LogP contribution in [0.25, 0.3) is 39.3 Å². The maximum Gasteiger partial charge on any atom is 2.00 e. The molecule has 5 heterocycles. The first kappa shape index (κ1) is 39.3. The summed E-state index contributed by atoms with van der Waals surface area (Å²) in [5, 5.41) is 0. The number of aromatic amines is 2. The Hall–Kier alpha value is -4.10. The molecule has 0 fully saturated rings. The number of allylic oxidation sites excluding steroid dienone is 2. The van der Waals surface area contributed by atoms with Crippen LogP contribution in [0.1, 0.15) is 109 Å². The molecule has 0 spiro atoms. The number of Topliss-reactive ketones (excluding diaryl/α,β-unsaturated/α-hetero) is 1. The molecule has 0 saturated heterocycles. The van der Waals surface area contributed by atoms with E-state index in [4.69, 9.17) is 19.4 Å². The van der Waals surface area contributed by atoms with Crippen LogP contribution in [0.4, 0.5) is 0 Å². The fourth-order valence-electron chi connectivity index (χ4n) is 7.34. The summed E-state index contributed by atoms with van der Waals surface area (Å²) in [5.41, 5.74) is 12.1. The molecule has 3 aromatic heterocycles. The number of nitrogens with one attached hydrogen (secondary N) is 2. The molecule has 3 unspecified atom stereocenters. The minimum absolute atomic E-state index is 0. The van der Waals surface area contributed by atoms with E-state index < -0.39 is 11.9 Å². The van der Waals surface area contributed by atoms with Crippen molar-refractivity contribution in [2.24, 2.45) is 0 Å². The number of esters is 2. The van der Waals surface area contributed by atoms with E-state index in [-0.39, 0.29) is 64.0 Å². The molecule has 0 aromatic carbocycles. The summed E-state index contributed by atoms with van der Waals surface area (Å²) >= 11 is 0. The van der Waals surface area contributed by atoms with Gasteiger partial charge in [0.15, 0.2) is 23.1 Å². The smallest absolute Gasteiger partial charge is 0.870 e. The first-order valence-corrected chi connectivity index (χ1v) is 15.9. The van der Waals surface area contributed by atoms with Crippen molar-refractivity contribution in [3.8, 4) is 0 Å². The van der Waals surface area contributed by atoms with E-state index in [1.54, 1.807) is 6.92 Å². The number of ether oxygens (including phenoxy) is 2. The van der Waals surface area contributed by atoms with Crippen LogP contribution >= 0.6 is 0 Å². The fraction of sp³-hybridized carbons (Fsp3) is 0.378. The van der Waals surface area contributed by atoms with Crippen LogP contribution in [0.5, 0.6) is 0 Å². The second-order valence-corrected chi connectivity index (χ2v) is 12.3. The Kier molecular flexibility index (Phi) is 12.2. The summed E-state index contributed by atoms with van der Waals surface area (Å²) in [7, 11) is 1.30. The van der Waals surface area contributed by atoms with Crippen molar-refractivity contribution in [3.05, 3.63) is 75.4 Å².